The Kier molecular flexibility index (Phi) is 3.58. The van der Waals surface area contributed by atoms with Crippen molar-refractivity contribution < 1.29 is 0 Å². The van der Waals surface area contributed by atoms with Gasteiger partial charge < -0.3 is 0 Å². The van der Waals surface area contributed by atoms with E-state index in [2.05, 4.69) is 64.1 Å². The first-order valence-corrected chi connectivity index (χ1v) is 6.70. The Labute approximate surface area is 108 Å². The molecule has 0 nitrogen and oxygen atoms in total. The molecule has 0 unspecified atom stereocenters. The second kappa shape index (κ2) is 4.97. The molecule has 88 valence electrons. The summed E-state index contributed by atoms with van der Waals surface area (Å²) in [5.41, 5.74) is 5.34. The van der Waals surface area contributed by atoms with Crippen LogP contribution in [0.2, 0.25) is 0 Å². The molecule has 2 aromatic carbocycles. The quantitative estimate of drug-likeness (QED) is 0.708. The molecule has 2 rings (SSSR count). The van der Waals surface area contributed by atoms with E-state index < -0.39 is 0 Å². The Hall–Kier alpha value is -1.21. The fraction of sp³-hybridized carbons (Fsp3) is 0.250. The van der Waals surface area contributed by atoms with Crippen LogP contribution in [0.25, 0.3) is 0 Å². The summed E-state index contributed by atoms with van der Waals surface area (Å²) in [4.78, 5) is 2.72. The lowest BCUT2D eigenvalue weighted by Gasteiger charge is -2.10. The number of aryl methyl sites for hydroxylation is 4. The molecule has 0 N–H and O–H groups in total. The first-order chi connectivity index (χ1) is 8.06. The first kappa shape index (κ1) is 12.3. The third kappa shape index (κ3) is 2.92. The highest BCUT2D eigenvalue weighted by Gasteiger charge is 2.04. The van der Waals surface area contributed by atoms with Gasteiger partial charge in [0.15, 0.2) is 0 Å². The smallest absolute Gasteiger partial charge is 0.0154 e. The molecule has 0 aliphatic rings. The highest BCUT2D eigenvalue weighted by Crippen LogP contribution is 2.33. The van der Waals surface area contributed by atoms with Crippen molar-refractivity contribution in [3.63, 3.8) is 0 Å². The molecule has 0 spiro atoms. The Bertz CT molecular complexity index is 492. The van der Waals surface area contributed by atoms with Crippen LogP contribution in [-0.2, 0) is 0 Å². The fourth-order valence-electron chi connectivity index (χ4n) is 1.75. The van der Waals surface area contributed by atoms with Gasteiger partial charge in [-0.3, -0.25) is 0 Å². The summed E-state index contributed by atoms with van der Waals surface area (Å²) < 4.78 is 0. The van der Waals surface area contributed by atoms with Crippen LogP contribution in [0.1, 0.15) is 22.3 Å². The molecule has 0 aliphatic carbocycles. The van der Waals surface area contributed by atoms with Crippen LogP contribution in [-0.4, -0.2) is 0 Å². The monoisotopic (exact) mass is 242 g/mol. The highest BCUT2D eigenvalue weighted by molar-refractivity contribution is 7.99. The molecule has 1 heteroatoms. The molecule has 0 fully saturated rings. The molecule has 0 atom stereocenters. The summed E-state index contributed by atoms with van der Waals surface area (Å²) in [7, 11) is 0. The number of rotatable bonds is 2. The average molecular weight is 242 g/mol. The molecule has 0 radical (unpaired) electrons. The van der Waals surface area contributed by atoms with Crippen LogP contribution in [0.5, 0.6) is 0 Å². The molecule has 2 aromatic rings. The van der Waals surface area contributed by atoms with Crippen molar-refractivity contribution in [2.45, 2.75) is 37.5 Å². The van der Waals surface area contributed by atoms with Gasteiger partial charge in [-0.25, -0.2) is 0 Å². The molecule has 0 heterocycles. The maximum atomic E-state index is 2.27. The third-order valence-electron chi connectivity index (χ3n) is 2.91. The SMILES string of the molecule is Cc1ccc(C)c(Sc2cc(C)ccc2C)c1. The lowest BCUT2D eigenvalue weighted by atomic mass is 10.2. The predicted molar refractivity (Wildman–Crippen MR) is 76.0 cm³/mol. The summed E-state index contributed by atoms with van der Waals surface area (Å²) in [6, 6.07) is 13.3. The molecule has 0 saturated carbocycles. The molecule has 0 aliphatic heterocycles. The summed E-state index contributed by atoms with van der Waals surface area (Å²) in [5, 5.41) is 0. The van der Waals surface area contributed by atoms with E-state index in [9.17, 15) is 0 Å². The van der Waals surface area contributed by atoms with Crippen LogP contribution in [0.15, 0.2) is 46.2 Å². The minimum atomic E-state index is 1.32. The second-order valence-electron chi connectivity index (χ2n) is 4.64. The molecule has 0 saturated heterocycles. The minimum Gasteiger partial charge on any atom is -0.0895 e. The topological polar surface area (TPSA) is 0 Å². The number of hydrogen-bond acceptors (Lipinski definition) is 1. The van der Waals surface area contributed by atoms with E-state index in [1.165, 1.54) is 32.0 Å². The van der Waals surface area contributed by atoms with Crippen LogP contribution in [0, 0.1) is 27.7 Å². The zero-order valence-corrected chi connectivity index (χ0v) is 11.7. The van der Waals surface area contributed by atoms with E-state index in [0.29, 0.717) is 0 Å². The predicted octanol–water partition coefficient (Wildman–Crippen LogP) is 5.07. The largest absolute Gasteiger partial charge is 0.0895 e. The van der Waals surface area contributed by atoms with Crippen molar-refractivity contribution >= 4 is 11.8 Å². The van der Waals surface area contributed by atoms with E-state index in [0.717, 1.165) is 0 Å². The van der Waals surface area contributed by atoms with Gasteiger partial charge in [0.2, 0.25) is 0 Å². The highest BCUT2D eigenvalue weighted by atomic mass is 32.2. The zero-order chi connectivity index (χ0) is 12.4. The van der Waals surface area contributed by atoms with Crippen molar-refractivity contribution in [1.82, 2.24) is 0 Å². The van der Waals surface area contributed by atoms with Crippen LogP contribution >= 0.6 is 11.8 Å². The molecule has 17 heavy (non-hydrogen) atoms. The van der Waals surface area contributed by atoms with E-state index in [-0.39, 0.29) is 0 Å². The standard InChI is InChI=1S/C16H18S/c1-11-5-7-13(3)15(9-11)17-16-10-12(2)6-8-14(16)4/h5-10H,1-4H3. The van der Waals surface area contributed by atoms with Gasteiger partial charge in [0.05, 0.1) is 0 Å². The van der Waals surface area contributed by atoms with Crippen LogP contribution in [0.3, 0.4) is 0 Å². The summed E-state index contributed by atoms with van der Waals surface area (Å²) in [5.74, 6) is 0. The van der Waals surface area contributed by atoms with Crippen molar-refractivity contribution in [3.05, 3.63) is 58.7 Å². The van der Waals surface area contributed by atoms with Crippen molar-refractivity contribution in [1.29, 1.82) is 0 Å². The van der Waals surface area contributed by atoms with Gasteiger partial charge >= 0.3 is 0 Å². The second-order valence-corrected chi connectivity index (χ2v) is 5.72. The van der Waals surface area contributed by atoms with Crippen LogP contribution < -0.4 is 0 Å². The fourth-order valence-corrected chi connectivity index (χ4v) is 2.94. The Morgan fingerprint density at radius 1 is 0.647 bits per heavy atom. The molecular formula is C16H18S. The summed E-state index contributed by atoms with van der Waals surface area (Å²) in [6.45, 7) is 8.64. The van der Waals surface area contributed by atoms with Gasteiger partial charge in [-0.15, -0.1) is 0 Å². The van der Waals surface area contributed by atoms with Gasteiger partial charge in [0.1, 0.15) is 0 Å². The van der Waals surface area contributed by atoms with Gasteiger partial charge in [-0.1, -0.05) is 36.0 Å². The molecule has 0 aromatic heterocycles. The molecule has 0 amide bonds. The average Bonchev–Trinajstić information content (AvgIpc) is 2.28. The number of hydrogen-bond donors (Lipinski definition) is 0. The van der Waals surface area contributed by atoms with E-state index in [4.69, 9.17) is 0 Å². The van der Waals surface area contributed by atoms with Crippen LogP contribution in [0.4, 0.5) is 0 Å². The third-order valence-corrected chi connectivity index (χ3v) is 4.23. The molecule has 0 bridgehead atoms. The normalized spacial score (nSPS) is 10.6. The Balaban J connectivity index is 2.37. The Morgan fingerprint density at radius 3 is 1.47 bits per heavy atom. The Morgan fingerprint density at radius 2 is 1.06 bits per heavy atom. The first-order valence-electron chi connectivity index (χ1n) is 5.88. The summed E-state index contributed by atoms with van der Waals surface area (Å²) in [6.07, 6.45) is 0. The molecular weight excluding hydrogens is 224 g/mol. The summed E-state index contributed by atoms with van der Waals surface area (Å²) >= 11 is 1.87. The van der Waals surface area contributed by atoms with Gasteiger partial charge in [-0.05, 0) is 62.1 Å². The van der Waals surface area contributed by atoms with Crippen molar-refractivity contribution in [3.8, 4) is 0 Å². The van der Waals surface area contributed by atoms with Gasteiger partial charge in [-0.2, -0.15) is 0 Å². The van der Waals surface area contributed by atoms with E-state index >= 15 is 0 Å². The van der Waals surface area contributed by atoms with Crippen molar-refractivity contribution in [2.24, 2.45) is 0 Å². The van der Waals surface area contributed by atoms with Crippen molar-refractivity contribution in [2.75, 3.05) is 0 Å². The maximum absolute atomic E-state index is 2.27. The van der Waals surface area contributed by atoms with Gasteiger partial charge in [0.25, 0.3) is 0 Å². The lowest BCUT2D eigenvalue weighted by molar-refractivity contribution is 1.22. The van der Waals surface area contributed by atoms with E-state index in [1.54, 1.807) is 0 Å². The van der Waals surface area contributed by atoms with Gasteiger partial charge in [0, 0.05) is 9.79 Å². The maximum Gasteiger partial charge on any atom is 0.0154 e. The zero-order valence-electron chi connectivity index (χ0n) is 10.9. The number of benzene rings is 2. The lowest BCUT2D eigenvalue weighted by Crippen LogP contribution is -1.85. The minimum absolute atomic E-state index is 1.32. The van der Waals surface area contributed by atoms with E-state index in [1.807, 2.05) is 11.8 Å².